The molecule has 0 aliphatic carbocycles. The number of anilines is 1. The summed E-state index contributed by atoms with van der Waals surface area (Å²) in [5.41, 5.74) is 0.952. The van der Waals surface area contributed by atoms with E-state index in [0.29, 0.717) is 4.47 Å². The molecule has 0 saturated carbocycles. The zero-order chi connectivity index (χ0) is 14.9. The number of nitrogens with one attached hydrogen (secondary N) is 1. The Balaban J connectivity index is 2.46. The molecule has 20 heavy (non-hydrogen) atoms. The molecule has 0 saturated heterocycles. The lowest BCUT2D eigenvalue weighted by Gasteiger charge is -2.10. The molecular formula is C11H8BrCl2N3O2S. The normalized spacial score (nSPS) is 11.4. The number of hydrogen-bond donors (Lipinski definition) is 1. The van der Waals surface area contributed by atoms with Crippen molar-refractivity contribution in [1.82, 2.24) is 9.97 Å². The molecule has 1 N–H and O–H groups in total. The number of hydrogen-bond acceptors (Lipinski definition) is 4. The minimum absolute atomic E-state index is 0.0539. The molecule has 2 rings (SSSR count). The van der Waals surface area contributed by atoms with E-state index < -0.39 is 10.0 Å². The highest BCUT2D eigenvalue weighted by Crippen LogP contribution is 2.27. The lowest BCUT2D eigenvalue weighted by atomic mass is 10.3. The second kappa shape index (κ2) is 5.85. The first-order valence-corrected chi connectivity index (χ1v) is 8.29. The van der Waals surface area contributed by atoms with Crippen LogP contribution in [0.15, 0.2) is 33.9 Å². The summed E-state index contributed by atoms with van der Waals surface area (Å²) in [7, 11) is -3.90. The van der Waals surface area contributed by atoms with Crippen molar-refractivity contribution >= 4 is 54.8 Å². The lowest BCUT2D eigenvalue weighted by molar-refractivity contribution is 0.601. The van der Waals surface area contributed by atoms with Crippen molar-refractivity contribution in [2.75, 3.05) is 4.72 Å². The van der Waals surface area contributed by atoms with Crippen LogP contribution >= 0.6 is 39.1 Å². The van der Waals surface area contributed by atoms with E-state index in [1.54, 1.807) is 13.0 Å². The highest BCUT2D eigenvalue weighted by molar-refractivity contribution is 9.10. The summed E-state index contributed by atoms with van der Waals surface area (Å²) in [5, 5.41) is -0.0734. The van der Waals surface area contributed by atoms with Gasteiger partial charge in [0, 0.05) is 16.9 Å². The molecule has 0 bridgehead atoms. The first kappa shape index (κ1) is 15.5. The van der Waals surface area contributed by atoms with Gasteiger partial charge in [-0.25, -0.2) is 18.4 Å². The van der Waals surface area contributed by atoms with Crippen LogP contribution in [0.5, 0.6) is 0 Å². The zero-order valence-electron chi connectivity index (χ0n) is 10.1. The van der Waals surface area contributed by atoms with Gasteiger partial charge in [0.2, 0.25) is 0 Å². The average Bonchev–Trinajstić information content (AvgIpc) is 2.36. The largest absolute Gasteiger partial charge is 0.276 e. The van der Waals surface area contributed by atoms with E-state index in [9.17, 15) is 8.42 Å². The van der Waals surface area contributed by atoms with Crippen molar-refractivity contribution in [3.63, 3.8) is 0 Å². The second-order valence-electron chi connectivity index (χ2n) is 3.90. The molecular weight excluding hydrogens is 389 g/mol. The van der Waals surface area contributed by atoms with E-state index in [1.807, 2.05) is 0 Å². The van der Waals surface area contributed by atoms with Gasteiger partial charge in [0.1, 0.15) is 10.0 Å². The Kier molecular flexibility index (Phi) is 4.53. The maximum Gasteiger partial charge on any atom is 0.265 e. The van der Waals surface area contributed by atoms with Gasteiger partial charge in [-0.2, -0.15) is 0 Å². The fourth-order valence-electron chi connectivity index (χ4n) is 1.42. The summed E-state index contributed by atoms with van der Waals surface area (Å²) in [4.78, 5) is 7.51. The summed E-state index contributed by atoms with van der Waals surface area (Å²) >= 11 is 14.8. The third-order valence-corrected chi connectivity index (χ3v) is 4.81. The topological polar surface area (TPSA) is 72.0 Å². The van der Waals surface area contributed by atoms with Gasteiger partial charge in [0.15, 0.2) is 5.15 Å². The molecule has 9 heteroatoms. The molecule has 0 spiro atoms. The van der Waals surface area contributed by atoms with Gasteiger partial charge in [-0.3, -0.25) is 4.72 Å². The van der Waals surface area contributed by atoms with Crippen LogP contribution in [-0.2, 0) is 10.0 Å². The lowest BCUT2D eigenvalue weighted by Crippen LogP contribution is -2.14. The Bertz CT molecular complexity index is 768. The maximum atomic E-state index is 12.3. The number of aryl methyl sites for hydroxylation is 1. The third kappa shape index (κ3) is 3.41. The van der Waals surface area contributed by atoms with Crippen molar-refractivity contribution < 1.29 is 8.42 Å². The Labute approximate surface area is 134 Å². The van der Waals surface area contributed by atoms with Crippen molar-refractivity contribution in [2.24, 2.45) is 0 Å². The predicted molar refractivity (Wildman–Crippen MR) is 81.7 cm³/mol. The first-order valence-electron chi connectivity index (χ1n) is 5.25. The molecule has 0 aromatic carbocycles. The van der Waals surface area contributed by atoms with Crippen molar-refractivity contribution in [3.8, 4) is 0 Å². The molecule has 0 unspecified atom stereocenters. The summed E-state index contributed by atoms with van der Waals surface area (Å²) in [6.45, 7) is 1.77. The van der Waals surface area contributed by atoms with Crippen molar-refractivity contribution in [2.45, 2.75) is 11.8 Å². The Morgan fingerprint density at radius 3 is 2.50 bits per heavy atom. The molecule has 2 aromatic heterocycles. The summed E-state index contributed by atoms with van der Waals surface area (Å²) in [5.74, 6) is 0. The summed E-state index contributed by atoms with van der Waals surface area (Å²) in [6.07, 6.45) is 2.94. The molecule has 106 valence electrons. The Hall–Kier alpha value is -0.890. The highest BCUT2D eigenvalue weighted by atomic mass is 79.9. The monoisotopic (exact) mass is 395 g/mol. The summed E-state index contributed by atoms with van der Waals surface area (Å²) in [6, 6.07) is 2.93. The van der Waals surface area contributed by atoms with Crippen LogP contribution in [0.2, 0.25) is 10.3 Å². The first-order chi connectivity index (χ1) is 9.29. The van der Waals surface area contributed by atoms with E-state index in [0.717, 1.165) is 5.56 Å². The van der Waals surface area contributed by atoms with Gasteiger partial charge in [0.05, 0.1) is 5.69 Å². The Morgan fingerprint density at radius 1 is 1.15 bits per heavy atom. The minimum Gasteiger partial charge on any atom is -0.276 e. The number of nitrogens with zero attached hydrogens (tertiary/aromatic N) is 2. The number of aromatic nitrogens is 2. The molecule has 0 atom stereocenters. The Morgan fingerprint density at radius 2 is 1.80 bits per heavy atom. The van der Waals surface area contributed by atoms with Gasteiger partial charge in [0.25, 0.3) is 10.0 Å². The second-order valence-corrected chi connectivity index (χ2v) is 7.18. The predicted octanol–water partition coefficient (Wildman–Crippen LogP) is 3.66. The van der Waals surface area contributed by atoms with Crippen molar-refractivity contribution in [3.05, 3.63) is 44.9 Å². The molecule has 0 radical (unpaired) electrons. The molecule has 0 aliphatic heterocycles. The van der Waals surface area contributed by atoms with Crippen LogP contribution < -0.4 is 4.72 Å². The standard InChI is InChI=1S/C11H8BrCl2N3O2S/c1-6-2-8(10(13)15-4-6)17-20(18,19)9-3-7(12)5-16-11(9)14/h2-5,17H,1H3. The number of halogens is 3. The van der Waals surface area contributed by atoms with E-state index in [4.69, 9.17) is 23.2 Å². The van der Waals surface area contributed by atoms with Crippen LogP contribution in [0.1, 0.15) is 5.56 Å². The maximum absolute atomic E-state index is 12.3. The van der Waals surface area contributed by atoms with Gasteiger partial charge >= 0.3 is 0 Å². The molecule has 0 fully saturated rings. The van der Waals surface area contributed by atoms with E-state index >= 15 is 0 Å². The average molecular weight is 397 g/mol. The molecule has 2 heterocycles. The van der Waals surface area contributed by atoms with Gasteiger partial charge in [-0.05, 0) is 40.5 Å². The third-order valence-electron chi connectivity index (χ3n) is 2.28. The van der Waals surface area contributed by atoms with Crippen LogP contribution in [0.3, 0.4) is 0 Å². The molecule has 0 aliphatic rings. The van der Waals surface area contributed by atoms with E-state index in [-0.39, 0.29) is 20.9 Å². The highest BCUT2D eigenvalue weighted by Gasteiger charge is 2.21. The number of rotatable bonds is 3. The van der Waals surface area contributed by atoms with Crippen LogP contribution in [0.4, 0.5) is 5.69 Å². The van der Waals surface area contributed by atoms with Gasteiger partial charge < -0.3 is 0 Å². The zero-order valence-corrected chi connectivity index (χ0v) is 14.0. The minimum atomic E-state index is -3.90. The van der Waals surface area contributed by atoms with Gasteiger partial charge in [-0.1, -0.05) is 23.2 Å². The molecule has 5 nitrogen and oxygen atoms in total. The fraction of sp³-hybridized carbons (Fsp3) is 0.0909. The van der Waals surface area contributed by atoms with Crippen LogP contribution in [-0.4, -0.2) is 18.4 Å². The smallest absolute Gasteiger partial charge is 0.265 e. The quantitative estimate of drug-likeness (QED) is 0.803. The summed E-state index contributed by atoms with van der Waals surface area (Å²) < 4.78 is 27.4. The fourth-order valence-corrected chi connectivity index (χ4v) is 3.63. The van der Waals surface area contributed by atoms with E-state index in [2.05, 4.69) is 30.6 Å². The van der Waals surface area contributed by atoms with Crippen LogP contribution in [0.25, 0.3) is 0 Å². The van der Waals surface area contributed by atoms with Crippen molar-refractivity contribution in [1.29, 1.82) is 0 Å². The van der Waals surface area contributed by atoms with Crippen LogP contribution in [0, 0.1) is 6.92 Å². The van der Waals surface area contributed by atoms with E-state index in [1.165, 1.54) is 18.5 Å². The molecule has 2 aromatic rings. The molecule has 0 amide bonds. The number of sulfonamides is 1. The number of pyridine rings is 2. The van der Waals surface area contributed by atoms with Gasteiger partial charge in [-0.15, -0.1) is 0 Å². The SMILES string of the molecule is Cc1cnc(Cl)c(NS(=O)(=O)c2cc(Br)cnc2Cl)c1.